The minimum Gasteiger partial charge on any atom is -0.449 e. The third kappa shape index (κ3) is 4.31. The number of likely N-dealkylation sites (tertiary alicyclic amines) is 1. The lowest BCUT2D eigenvalue weighted by molar-refractivity contribution is -0.219. The summed E-state index contributed by atoms with van der Waals surface area (Å²) in [6.07, 6.45) is 11.0. The number of Topliss-reactive ketones (excluding diaryl/α,β-unsaturated/α-hetero) is 1. The predicted molar refractivity (Wildman–Crippen MR) is 169 cm³/mol. The van der Waals surface area contributed by atoms with Gasteiger partial charge in [-0.1, -0.05) is 61.0 Å². The van der Waals surface area contributed by atoms with E-state index in [2.05, 4.69) is 72.7 Å². The minimum atomic E-state index is -0.203. The number of alkyl carbamates (subject to hydrolysis) is 1. The van der Waals surface area contributed by atoms with Crippen molar-refractivity contribution in [1.82, 2.24) is 10.2 Å². The van der Waals surface area contributed by atoms with Gasteiger partial charge in [-0.25, -0.2) is 4.79 Å². The maximum Gasteiger partial charge on any atom is 0.407 e. The van der Waals surface area contributed by atoms with Crippen LogP contribution in [0, 0.1) is 56.7 Å². The lowest BCUT2D eigenvalue weighted by atomic mass is 9.32. The van der Waals surface area contributed by atoms with Gasteiger partial charge in [0.15, 0.2) is 5.78 Å². The van der Waals surface area contributed by atoms with Gasteiger partial charge < -0.3 is 15.0 Å². The van der Waals surface area contributed by atoms with Crippen molar-refractivity contribution in [2.24, 2.45) is 56.7 Å². The van der Waals surface area contributed by atoms with Crippen LogP contribution in [0.4, 0.5) is 4.79 Å². The van der Waals surface area contributed by atoms with Crippen LogP contribution >= 0.6 is 0 Å². The Hall–Kier alpha value is -1.36. The molecule has 0 aromatic heterocycles. The molecule has 6 aliphatic rings. The van der Waals surface area contributed by atoms with Gasteiger partial charge in [0.2, 0.25) is 0 Å². The molecule has 1 amide bonds. The van der Waals surface area contributed by atoms with Crippen LogP contribution in [0.5, 0.6) is 0 Å². The van der Waals surface area contributed by atoms with E-state index in [4.69, 9.17) is 4.74 Å². The molecule has 5 nitrogen and oxygen atoms in total. The molecule has 0 aromatic carbocycles. The highest BCUT2D eigenvalue weighted by molar-refractivity contribution is 6.00. The number of amides is 1. The second-order valence-electron chi connectivity index (χ2n) is 17.9. The Morgan fingerprint density at radius 3 is 2.33 bits per heavy atom. The molecule has 1 N–H and O–H groups in total. The van der Waals surface area contributed by atoms with Gasteiger partial charge in [-0.2, -0.15) is 0 Å². The highest BCUT2D eigenvalue weighted by Crippen LogP contribution is 2.76. The molecule has 0 radical (unpaired) electrons. The summed E-state index contributed by atoms with van der Waals surface area (Å²) in [5, 5.41) is 3.51. The monoisotopic (exact) mass is 580 g/mol. The zero-order valence-electron chi connectivity index (χ0n) is 28.3. The summed E-state index contributed by atoms with van der Waals surface area (Å²) < 4.78 is 5.91. The highest BCUT2D eigenvalue weighted by Gasteiger charge is 2.70. The molecule has 42 heavy (non-hydrogen) atoms. The van der Waals surface area contributed by atoms with Crippen molar-refractivity contribution in [1.29, 1.82) is 0 Å². The number of nitrogens with zero attached hydrogens (tertiary/aromatic N) is 1. The lowest BCUT2D eigenvalue weighted by Gasteiger charge is -2.72. The normalized spacial score (nSPS) is 46.6. The minimum absolute atomic E-state index is 0.0246. The van der Waals surface area contributed by atoms with E-state index in [1.807, 2.05) is 0 Å². The summed E-state index contributed by atoms with van der Waals surface area (Å²) in [5.74, 6) is 2.81. The van der Waals surface area contributed by atoms with Crippen molar-refractivity contribution < 1.29 is 14.3 Å². The van der Waals surface area contributed by atoms with Crippen molar-refractivity contribution in [2.75, 3.05) is 26.7 Å². The first-order chi connectivity index (χ1) is 19.6. The fraction of sp³-hybridized carbons (Fsp3) is 0.892. The van der Waals surface area contributed by atoms with Crippen LogP contribution in [0.3, 0.4) is 0 Å². The zero-order valence-corrected chi connectivity index (χ0v) is 28.3. The summed E-state index contributed by atoms with van der Waals surface area (Å²) in [4.78, 5) is 29.1. The Labute approximate surface area is 256 Å². The van der Waals surface area contributed by atoms with Gasteiger partial charge in [0.25, 0.3) is 0 Å². The van der Waals surface area contributed by atoms with Gasteiger partial charge in [0.05, 0.1) is 6.61 Å². The van der Waals surface area contributed by atoms with Crippen molar-refractivity contribution in [3.8, 4) is 0 Å². The molecule has 9 atom stereocenters. The van der Waals surface area contributed by atoms with Crippen LogP contribution in [-0.2, 0) is 9.53 Å². The quantitative estimate of drug-likeness (QED) is 0.366. The molecule has 2 unspecified atom stereocenters. The molecule has 5 heteroatoms. The molecular weight excluding hydrogens is 520 g/mol. The number of hydrogen-bond acceptors (Lipinski definition) is 4. The molecule has 1 saturated heterocycles. The van der Waals surface area contributed by atoms with Gasteiger partial charge >= 0.3 is 6.09 Å². The number of ether oxygens (including phenoxy) is 1. The fourth-order valence-electron chi connectivity index (χ4n) is 12.7. The molecule has 0 aromatic rings. The Kier molecular flexibility index (Phi) is 7.35. The van der Waals surface area contributed by atoms with Crippen molar-refractivity contribution >= 4 is 11.9 Å². The molecule has 236 valence electrons. The topological polar surface area (TPSA) is 58.6 Å². The first kappa shape index (κ1) is 30.7. The second kappa shape index (κ2) is 10.1. The Morgan fingerprint density at radius 1 is 0.929 bits per heavy atom. The van der Waals surface area contributed by atoms with Gasteiger partial charge in [0.1, 0.15) is 0 Å². The van der Waals surface area contributed by atoms with Gasteiger partial charge in [0, 0.05) is 24.9 Å². The Balaban J connectivity index is 1.32. The maximum absolute atomic E-state index is 13.4. The van der Waals surface area contributed by atoms with E-state index >= 15 is 0 Å². The number of carbonyl (C=O) groups is 2. The van der Waals surface area contributed by atoms with Gasteiger partial charge in [-0.05, 0) is 128 Å². The predicted octanol–water partition coefficient (Wildman–Crippen LogP) is 8.03. The SMILES string of the molecule is CC(C)C1=C2[C@H]3CC[C@@H]4[C@@]5(C)C(NC(=O)OCC6CCN(C)C6)CCC(C)(C)[C@@H]5CC[C@@]4(C)[C@]3(C)CC[C@@]2(C)CC1=O. The molecule has 1 aliphatic heterocycles. The van der Waals surface area contributed by atoms with E-state index in [0.29, 0.717) is 42.0 Å². The number of ketones is 1. The summed E-state index contributed by atoms with van der Waals surface area (Å²) in [5.41, 5.74) is 3.43. The van der Waals surface area contributed by atoms with Crippen LogP contribution in [0.1, 0.15) is 120 Å². The Bertz CT molecular complexity index is 1160. The standard InChI is InChI=1S/C37H60N2O3/c1-23(2)30-26(40)20-34(5)17-18-35(6)25(31(30)34)10-11-28-36(35,7)16-12-27-33(3,4)15-13-29(37(27,28)8)38-32(41)42-22-24-14-19-39(9)21-24/h23-25,27-29H,10-22H2,1-9H3,(H,38,41)/t24?,25-,27+,28+,29?,34+,35-,36-,37+/m1/s1. The smallest absolute Gasteiger partial charge is 0.407 e. The average molecular weight is 581 g/mol. The van der Waals surface area contributed by atoms with Crippen LogP contribution < -0.4 is 5.32 Å². The molecule has 5 aliphatic carbocycles. The van der Waals surface area contributed by atoms with Crippen LogP contribution in [-0.4, -0.2) is 49.6 Å². The average Bonchev–Trinajstić information content (AvgIpc) is 3.44. The first-order valence-corrected chi connectivity index (χ1v) is 17.5. The van der Waals surface area contributed by atoms with Crippen molar-refractivity contribution in [2.45, 2.75) is 126 Å². The highest BCUT2D eigenvalue weighted by atomic mass is 16.5. The summed E-state index contributed by atoms with van der Waals surface area (Å²) >= 11 is 0. The van der Waals surface area contributed by atoms with E-state index in [9.17, 15) is 9.59 Å². The largest absolute Gasteiger partial charge is 0.449 e. The number of hydrogen-bond donors (Lipinski definition) is 1. The fourth-order valence-corrected chi connectivity index (χ4v) is 12.7. The van der Waals surface area contributed by atoms with Crippen LogP contribution in [0.25, 0.3) is 0 Å². The first-order valence-electron chi connectivity index (χ1n) is 17.5. The second-order valence-corrected chi connectivity index (χ2v) is 17.9. The summed E-state index contributed by atoms with van der Waals surface area (Å²) in [6, 6.07) is 0.145. The molecular formula is C37H60N2O3. The van der Waals surface area contributed by atoms with E-state index in [0.717, 1.165) is 45.2 Å². The number of fused-ring (bicyclic) bond motifs is 7. The molecule has 6 rings (SSSR count). The molecule has 0 spiro atoms. The van der Waals surface area contributed by atoms with E-state index in [-0.39, 0.29) is 39.2 Å². The third-order valence-electron chi connectivity index (χ3n) is 15.0. The number of rotatable bonds is 4. The van der Waals surface area contributed by atoms with E-state index in [1.54, 1.807) is 5.57 Å². The maximum atomic E-state index is 13.4. The van der Waals surface area contributed by atoms with Gasteiger partial charge in [-0.15, -0.1) is 0 Å². The summed E-state index contributed by atoms with van der Waals surface area (Å²) in [6.45, 7) is 22.3. The van der Waals surface area contributed by atoms with Crippen molar-refractivity contribution in [3.63, 3.8) is 0 Å². The van der Waals surface area contributed by atoms with Crippen LogP contribution in [0.2, 0.25) is 0 Å². The molecule has 1 heterocycles. The van der Waals surface area contributed by atoms with E-state index < -0.39 is 0 Å². The molecule has 4 saturated carbocycles. The number of allylic oxidation sites excluding steroid dienone is 2. The van der Waals surface area contributed by atoms with Crippen LogP contribution in [0.15, 0.2) is 11.1 Å². The third-order valence-corrected chi connectivity index (χ3v) is 15.0. The lowest BCUT2D eigenvalue weighted by Crippen LogP contribution is -2.69. The number of carbonyl (C=O) groups excluding carboxylic acids is 2. The zero-order chi connectivity index (χ0) is 30.5. The molecule has 5 fully saturated rings. The number of nitrogens with one attached hydrogen (secondary N) is 1. The van der Waals surface area contributed by atoms with E-state index in [1.165, 1.54) is 37.7 Å². The van der Waals surface area contributed by atoms with Gasteiger partial charge in [-0.3, -0.25) is 4.79 Å². The summed E-state index contributed by atoms with van der Waals surface area (Å²) in [7, 11) is 2.15. The Morgan fingerprint density at radius 2 is 1.67 bits per heavy atom. The molecule has 0 bridgehead atoms. The van der Waals surface area contributed by atoms with Crippen molar-refractivity contribution in [3.05, 3.63) is 11.1 Å².